The molecule has 1 N–H and O–H groups in total. The molecule has 0 atom stereocenters. The summed E-state index contributed by atoms with van der Waals surface area (Å²) < 4.78 is 5.26. The second-order valence-corrected chi connectivity index (χ2v) is 6.92. The van der Waals surface area contributed by atoms with E-state index in [0.29, 0.717) is 5.41 Å². The van der Waals surface area contributed by atoms with Crippen molar-refractivity contribution in [3.05, 3.63) is 30.3 Å². The summed E-state index contributed by atoms with van der Waals surface area (Å²) in [6.45, 7) is 4.00. The van der Waals surface area contributed by atoms with E-state index in [1.807, 2.05) is 6.07 Å². The van der Waals surface area contributed by atoms with E-state index in [0.717, 1.165) is 44.3 Å². The van der Waals surface area contributed by atoms with Crippen molar-refractivity contribution >= 4 is 35.6 Å². The van der Waals surface area contributed by atoms with Crippen LogP contribution in [0.5, 0.6) is 0 Å². The number of benzene rings is 1. The lowest BCUT2D eigenvalue weighted by Crippen LogP contribution is -2.40. The fraction of sp³-hybridized carbons (Fsp3) is 0.632. The normalized spacial score (nSPS) is 19.5. The molecule has 1 saturated heterocycles. The topological polar surface area (TPSA) is 36.9 Å². The molecule has 5 heteroatoms. The van der Waals surface area contributed by atoms with Crippen LogP contribution in [0.15, 0.2) is 35.3 Å². The fourth-order valence-corrected chi connectivity index (χ4v) is 3.20. The molecule has 1 saturated carbocycles. The van der Waals surface area contributed by atoms with Gasteiger partial charge in [-0.2, -0.15) is 0 Å². The number of hydrogen-bond donors (Lipinski definition) is 1. The van der Waals surface area contributed by atoms with Gasteiger partial charge in [-0.3, -0.25) is 4.99 Å². The molecule has 2 aliphatic rings. The van der Waals surface area contributed by atoms with E-state index in [9.17, 15) is 0 Å². The van der Waals surface area contributed by atoms with Gasteiger partial charge in [0, 0.05) is 39.0 Å². The first-order valence-electron chi connectivity index (χ1n) is 8.92. The molecule has 0 amide bonds. The van der Waals surface area contributed by atoms with Crippen molar-refractivity contribution in [1.29, 1.82) is 0 Å². The number of nitrogens with one attached hydrogen (secondary N) is 1. The van der Waals surface area contributed by atoms with Crippen LogP contribution in [0, 0.1) is 5.41 Å². The van der Waals surface area contributed by atoms with Gasteiger partial charge in [0.15, 0.2) is 5.96 Å². The van der Waals surface area contributed by atoms with Crippen molar-refractivity contribution in [3.8, 4) is 0 Å². The fourth-order valence-electron chi connectivity index (χ4n) is 3.20. The Bertz CT molecular complexity index is 511. The number of hydrogen-bond acceptors (Lipinski definition) is 2. The van der Waals surface area contributed by atoms with Gasteiger partial charge in [0.25, 0.3) is 0 Å². The maximum Gasteiger partial charge on any atom is 0.198 e. The number of aliphatic imine (C=N–C) groups is 1. The van der Waals surface area contributed by atoms with E-state index in [-0.39, 0.29) is 24.0 Å². The molecule has 24 heavy (non-hydrogen) atoms. The third-order valence-corrected chi connectivity index (χ3v) is 5.04. The Balaban J connectivity index is 0.00000208. The van der Waals surface area contributed by atoms with Crippen LogP contribution in [0.2, 0.25) is 0 Å². The van der Waals surface area contributed by atoms with Crippen LogP contribution in [0.1, 0.15) is 38.5 Å². The summed E-state index contributed by atoms with van der Waals surface area (Å²) in [5.74, 6) is 1.06. The van der Waals surface area contributed by atoms with Gasteiger partial charge in [-0.25, -0.2) is 0 Å². The largest absolute Gasteiger partial charge is 0.385 e. The highest BCUT2D eigenvalue weighted by Gasteiger charge is 2.42. The highest BCUT2D eigenvalue weighted by Crippen LogP contribution is 2.49. The number of ether oxygens (including phenoxy) is 1. The molecule has 2 fully saturated rings. The van der Waals surface area contributed by atoms with Crippen molar-refractivity contribution in [2.75, 3.05) is 38.7 Å². The van der Waals surface area contributed by atoms with E-state index >= 15 is 0 Å². The highest BCUT2D eigenvalue weighted by atomic mass is 127. The van der Waals surface area contributed by atoms with Crippen molar-refractivity contribution < 1.29 is 4.74 Å². The number of para-hydroxylation sites is 1. The maximum atomic E-state index is 5.26. The molecule has 0 unspecified atom stereocenters. The summed E-state index contributed by atoms with van der Waals surface area (Å²) in [5.41, 5.74) is 1.52. The standard InChI is InChI=1S/C19H29N3O.HI/c1-23-15-12-19(10-11-19)16-20-18(22-13-6-3-7-14-22)21-17-8-4-2-5-9-17;/h2,4-5,8-9H,3,6-7,10-16H2,1H3,(H,20,21);1H. The minimum absolute atomic E-state index is 0. The van der Waals surface area contributed by atoms with Gasteiger partial charge in [-0.15, -0.1) is 24.0 Å². The highest BCUT2D eigenvalue weighted by molar-refractivity contribution is 14.0. The van der Waals surface area contributed by atoms with Crippen molar-refractivity contribution in [2.45, 2.75) is 38.5 Å². The zero-order valence-corrected chi connectivity index (χ0v) is 17.0. The molecule has 0 aromatic heterocycles. The van der Waals surface area contributed by atoms with Gasteiger partial charge < -0.3 is 15.0 Å². The molecular formula is C19H30IN3O. The average molecular weight is 443 g/mol. The number of anilines is 1. The lowest BCUT2D eigenvalue weighted by molar-refractivity contribution is 0.174. The number of nitrogens with zero attached hydrogens (tertiary/aromatic N) is 2. The van der Waals surface area contributed by atoms with Gasteiger partial charge in [0.1, 0.15) is 0 Å². The summed E-state index contributed by atoms with van der Waals surface area (Å²) in [6, 6.07) is 10.4. The average Bonchev–Trinajstić information content (AvgIpc) is 3.39. The van der Waals surface area contributed by atoms with Gasteiger partial charge in [0.05, 0.1) is 0 Å². The first-order chi connectivity index (χ1) is 11.3. The minimum Gasteiger partial charge on any atom is -0.385 e. The molecule has 1 heterocycles. The third kappa shape index (κ3) is 5.62. The zero-order chi connectivity index (χ0) is 16.0. The third-order valence-electron chi connectivity index (χ3n) is 5.04. The molecular weight excluding hydrogens is 413 g/mol. The molecule has 1 aromatic carbocycles. The number of rotatable bonds is 6. The second kappa shape index (κ2) is 9.61. The smallest absolute Gasteiger partial charge is 0.198 e. The first-order valence-corrected chi connectivity index (χ1v) is 8.92. The van der Waals surface area contributed by atoms with Crippen LogP contribution in [-0.4, -0.2) is 44.2 Å². The molecule has 0 bridgehead atoms. The molecule has 1 aliphatic carbocycles. The number of piperidine rings is 1. The second-order valence-electron chi connectivity index (χ2n) is 6.92. The number of halogens is 1. The first kappa shape index (κ1) is 19.5. The van der Waals surface area contributed by atoms with E-state index < -0.39 is 0 Å². The lowest BCUT2D eigenvalue weighted by Gasteiger charge is -2.30. The van der Waals surface area contributed by atoms with Gasteiger partial charge in [-0.05, 0) is 56.1 Å². The van der Waals surface area contributed by atoms with Crippen LogP contribution < -0.4 is 5.32 Å². The Morgan fingerprint density at radius 2 is 1.88 bits per heavy atom. The predicted octanol–water partition coefficient (Wildman–Crippen LogP) is 4.38. The maximum absolute atomic E-state index is 5.26. The summed E-state index contributed by atoms with van der Waals surface area (Å²) >= 11 is 0. The Hall–Kier alpha value is -0.820. The van der Waals surface area contributed by atoms with Crippen molar-refractivity contribution in [1.82, 2.24) is 4.90 Å². The molecule has 1 aliphatic heterocycles. The van der Waals surface area contributed by atoms with Crippen LogP contribution in [0.25, 0.3) is 0 Å². The van der Waals surface area contributed by atoms with Crippen molar-refractivity contribution in [2.24, 2.45) is 10.4 Å². The van der Waals surface area contributed by atoms with Gasteiger partial charge in [0.2, 0.25) is 0 Å². The molecule has 4 nitrogen and oxygen atoms in total. The van der Waals surface area contributed by atoms with Crippen LogP contribution in [0.3, 0.4) is 0 Å². The van der Waals surface area contributed by atoms with Gasteiger partial charge >= 0.3 is 0 Å². The quantitative estimate of drug-likeness (QED) is 0.403. The van der Waals surface area contributed by atoms with Crippen LogP contribution in [-0.2, 0) is 4.74 Å². The summed E-state index contributed by atoms with van der Waals surface area (Å²) in [4.78, 5) is 7.43. The molecule has 3 rings (SSSR count). The number of guanidine groups is 1. The van der Waals surface area contributed by atoms with Gasteiger partial charge in [-0.1, -0.05) is 18.2 Å². The number of methoxy groups -OCH3 is 1. The van der Waals surface area contributed by atoms with E-state index in [1.165, 1.54) is 32.1 Å². The molecule has 1 aromatic rings. The summed E-state index contributed by atoms with van der Waals surface area (Å²) in [6.07, 6.45) is 7.59. The SMILES string of the molecule is COCCC1(CN=C(Nc2ccccc2)N2CCCCC2)CC1.I. The summed E-state index contributed by atoms with van der Waals surface area (Å²) in [7, 11) is 1.79. The van der Waals surface area contributed by atoms with E-state index in [2.05, 4.69) is 34.5 Å². The van der Waals surface area contributed by atoms with Crippen LogP contribution >= 0.6 is 24.0 Å². The zero-order valence-electron chi connectivity index (χ0n) is 14.7. The number of likely N-dealkylation sites (tertiary alicyclic amines) is 1. The van der Waals surface area contributed by atoms with E-state index in [4.69, 9.17) is 9.73 Å². The Labute approximate surface area is 163 Å². The molecule has 134 valence electrons. The van der Waals surface area contributed by atoms with E-state index in [1.54, 1.807) is 7.11 Å². The monoisotopic (exact) mass is 443 g/mol. The van der Waals surface area contributed by atoms with Crippen molar-refractivity contribution in [3.63, 3.8) is 0 Å². The lowest BCUT2D eigenvalue weighted by atomic mass is 10.0. The predicted molar refractivity (Wildman–Crippen MR) is 111 cm³/mol. The molecule has 0 spiro atoms. The Kier molecular flexibility index (Phi) is 7.81. The Morgan fingerprint density at radius 1 is 1.17 bits per heavy atom. The molecule has 0 radical (unpaired) electrons. The van der Waals surface area contributed by atoms with Crippen LogP contribution in [0.4, 0.5) is 5.69 Å². The Morgan fingerprint density at radius 3 is 2.50 bits per heavy atom. The summed E-state index contributed by atoms with van der Waals surface area (Å²) in [5, 5.41) is 3.55. The minimum atomic E-state index is 0.